The van der Waals surface area contributed by atoms with Crippen molar-refractivity contribution < 1.29 is 14.3 Å². The number of anilines is 2. The van der Waals surface area contributed by atoms with Crippen LogP contribution in [-0.4, -0.2) is 35.0 Å². The molecule has 0 fully saturated rings. The maximum Gasteiger partial charge on any atom is 0.338 e. The van der Waals surface area contributed by atoms with Crippen LogP contribution in [0.4, 0.5) is 11.6 Å². The Bertz CT molecular complexity index is 732. The molecule has 7 heteroatoms. The Morgan fingerprint density at radius 1 is 1.08 bits per heavy atom. The molecule has 0 unspecified atom stereocenters. The predicted molar refractivity (Wildman–Crippen MR) is 100 cm³/mol. The van der Waals surface area contributed by atoms with Gasteiger partial charge in [0.25, 0.3) is 5.91 Å². The number of rotatable bonds is 9. The fourth-order valence-corrected chi connectivity index (χ4v) is 2.24. The van der Waals surface area contributed by atoms with Gasteiger partial charge in [-0.05, 0) is 43.7 Å². The van der Waals surface area contributed by atoms with Crippen molar-refractivity contribution >= 4 is 23.5 Å². The number of ether oxygens (including phenoxy) is 1. The van der Waals surface area contributed by atoms with Crippen LogP contribution in [0.15, 0.2) is 36.5 Å². The minimum Gasteiger partial charge on any atom is -0.462 e. The lowest BCUT2D eigenvalue weighted by Crippen LogP contribution is -2.15. The quantitative estimate of drug-likeness (QED) is 0.527. The van der Waals surface area contributed by atoms with E-state index in [0.717, 1.165) is 25.8 Å². The summed E-state index contributed by atoms with van der Waals surface area (Å²) in [5.74, 6) is -0.292. The molecule has 0 spiro atoms. The molecule has 1 heterocycles. The van der Waals surface area contributed by atoms with Crippen molar-refractivity contribution in [2.45, 2.75) is 33.1 Å². The third-order valence-electron chi connectivity index (χ3n) is 3.61. The van der Waals surface area contributed by atoms with Gasteiger partial charge in [0, 0.05) is 18.4 Å². The number of benzene rings is 1. The van der Waals surface area contributed by atoms with Crippen LogP contribution in [0.25, 0.3) is 0 Å². The van der Waals surface area contributed by atoms with Crippen molar-refractivity contribution in [2.24, 2.45) is 0 Å². The van der Waals surface area contributed by atoms with E-state index in [1.807, 2.05) is 0 Å². The first kappa shape index (κ1) is 19.4. The fraction of sp³-hybridized carbons (Fsp3) is 0.368. The molecule has 0 aliphatic carbocycles. The Hall–Kier alpha value is -2.96. The Labute approximate surface area is 153 Å². The van der Waals surface area contributed by atoms with Gasteiger partial charge in [-0.2, -0.15) is 0 Å². The second-order valence-electron chi connectivity index (χ2n) is 5.65. The molecule has 2 aromatic rings. The van der Waals surface area contributed by atoms with Crippen LogP contribution in [0.1, 0.15) is 54.0 Å². The second kappa shape index (κ2) is 10.1. The van der Waals surface area contributed by atoms with E-state index < -0.39 is 0 Å². The average molecular weight is 356 g/mol. The van der Waals surface area contributed by atoms with Crippen molar-refractivity contribution in [1.82, 2.24) is 9.97 Å². The van der Waals surface area contributed by atoms with Crippen LogP contribution in [-0.2, 0) is 4.74 Å². The topological polar surface area (TPSA) is 93.2 Å². The summed E-state index contributed by atoms with van der Waals surface area (Å²) in [4.78, 5) is 32.3. The molecule has 0 saturated heterocycles. The number of amides is 1. The molecule has 138 valence electrons. The van der Waals surface area contributed by atoms with Crippen molar-refractivity contribution in [1.29, 1.82) is 0 Å². The maximum atomic E-state index is 12.3. The summed E-state index contributed by atoms with van der Waals surface area (Å²) in [6.07, 6.45) is 4.85. The highest BCUT2D eigenvalue weighted by Gasteiger charge is 2.10. The van der Waals surface area contributed by atoms with Crippen LogP contribution in [0.2, 0.25) is 0 Å². The van der Waals surface area contributed by atoms with E-state index in [4.69, 9.17) is 4.74 Å². The first-order chi connectivity index (χ1) is 12.6. The summed E-state index contributed by atoms with van der Waals surface area (Å²) < 4.78 is 4.93. The largest absolute Gasteiger partial charge is 0.462 e. The molecular weight excluding hydrogens is 332 g/mol. The smallest absolute Gasteiger partial charge is 0.338 e. The second-order valence-corrected chi connectivity index (χ2v) is 5.65. The van der Waals surface area contributed by atoms with E-state index in [0.29, 0.717) is 23.8 Å². The minimum absolute atomic E-state index is 0.271. The fourth-order valence-electron chi connectivity index (χ4n) is 2.24. The van der Waals surface area contributed by atoms with Gasteiger partial charge in [-0.1, -0.05) is 19.8 Å². The summed E-state index contributed by atoms with van der Waals surface area (Å²) in [5, 5.41) is 5.87. The molecule has 26 heavy (non-hydrogen) atoms. The van der Waals surface area contributed by atoms with Crippen molar-refractivity contribution in [2.75, 3.05) is 23.8 Å². The number of hydrogen-bond acceptors (Lipinski definition) is 6. The molecule has 1 aromatic carbocycles. The SMILES string of the molecule is CCCCCNc1nccc(C(=O)Nc2ccc(C(=O)OCC)cc2)n1. The zero-order valence-electron chi connectivity index (χ0n) is 15.1. The highest BCUT2D eigenvalue weighted by molar-refractivity contribution is 6.03. The molecule has 1 amide bonds. The van der Waals surface area contributed by atoms with Gasteiger partial charge in [-0.25, -0.2) is 14.8 Å². The number of hydrogen-bond donors (Lipinski definition) is 2. The van der Waals surface area contributed by atoms with E-state index in [-0.39, 0.29) is 17.6 Å². The van der Waals surface area contributed by atoms with E-state index in [9.17, 15) is 9.59 Å². The number of nitrogens with zero attached hydrogens (tertiary/aromatic N) is 2. The summed E-state index contributed by atoms with van der Waals surface area (Å²) in [6.45, 7) is 4.98. The highest BCUT2D eigenvalue weighted by atomic mass is 16.5. The lowest BCUT2D eigenvalue weighted by molar-refractivity contribution is 0.0526. The van der Waals surface area contributed by atoms with E-state index in [1.54, 1.807) is 43.5 Å². The molecule has 0 radical (unpaired) electrons. The zero-order chi connectivity index (χ0) is 18.8. The molecule has 0 saturated carbocycles. The number of carbonyl (C=O) groups excluding carboxylic acids is 2. The molecule has 2 rings (SSSR count). The van der Waals surface area contributed by atoms with Gasteiger partial charge in [-0.3, -0.25) is 4.79 Å². The average Bonchev–Trinajstić information content (AvgIpc) is 2.66. The van der Waals surface area contributed by atoms with Crippen molar-refractivity contribution in [3.05, 3.63) is 47.8 Å². The highest BCUT2D eigenvalue weighted by Crippen LogP contribution is 2.12. The monoisotopic (exact) mass is 356 g/mol. The van der Waals surface area contributed by atoms with Crippen LogP contribution in [0.5, 0.6) is 0 Å². The number of unbranched alkanes of at least 4 members (excludes halogenated alkanes) is 2. The van der Waals surface area contributed by atoms with Gasteiger partial charge in [0.2, 0.25) is 5.95 Å². The molecule has 0 aliphatic heterocycles. The Morgan fingerprint density at radius 2 is 1.85 bits per heavy atom. The van der Waals surface area contributed by atoms with E-state index >= 15 is 0 Å². The van der Waals surface area contributed by atoms with Gasteiger partial charge in [0.05, 0.1) is 12.2 Å². The number of carbonyl (C=O) groups is 2. The van der Waals surface area contributed by atoms with Crippen LogP contribution < -0.4 is 10.6 Å². The molecule has 0 bridgehead atoms. The molecule has 1 aromatic heterocycles. The van der Waals surface area contributed by atoms with Gasteiger partial charge >= 0.3 is 5.97 Å². The van der Waals surface area contributed by atoms with Gasteiger partial charge in [-0.15, -0.1) is 0 Å². The molecule has 0 atom stereocenters. The van der Waals surface area contributed by atoms with E-state index in [2.05, 4.69) is 27.5 Å². The van der Waals surface area contributed by atoms with Crippen molar-refractivity contribution in [3.63, 3.8) is 0 Å². The Balaban J connectivity index is 1.95. The number of esters is 1. The normalized spacial score (nSPS) is 10.2. The lowest BCUT2D eigenvalue weighted by Gasteiger charge is -2.08. The van der Waals surface area contributed by atoms with Gasteiger partial charge in [0.1, 0.15) is 5.69 Å². The van der Waals surface area contributed by atoms with Crippen LogP contribution in [0, 0.1) is 0 Å². The van der Waals surface area contributed by atoms with Crippen LogP contribution in [0.3, 0.4) is 0 Å². The predicted octanol–water partition coefficient (Wildman–Crippen LogP) is 3.51. The van der Waals surface area contributed by atoms with Crippen molar-refractivity contribution in [3.8, 4) is 0 Å². The Kier molecular flexibility index (Phi) is 7.54. The minimum atomic E-state index is -0.389. The standard InChI is InChI=1S/C19H24N4O3/c1-3-5-6-12-20-19-21-13-11-16(23-19)17(24)22-15-9-7-14(8-10-15)18(25)26-4-2/h7-11,13H,3-6,12H2,1-2H3,(H,22,24)(H,20,21,23). The summed E-state index contributed by atoms with van der Waals surface area (Å²) in [5.41, 5.74) is 1.28. The maximum absolute atomic E-state index is 12.3. The van der Waals surface area contributed by atoms with Crippen LogP contribution >= 0.6 is 0 Å². The number of aromatic nitrogens is 2. The summed E-state index contributed by atoms with van der Waals surface area (Å²) in [6, 6.07) is 8.06. The molecular formula is C19H24N4O3. The van der Waals surface area contributed by atoms with Gasteiger partial charge < -0.3 is 15.4 Å². The van der Waals surface area contributed by atoms with E-state index in [1.165, 1.54) is 0 Å². The third kappa shape index (κ3) is 5.84. The molecule has 0 aliphatic rings. The molecule has 2 N–H and O–H groups in total. The third-order valence-corrected chi connectivity index (χ3v) is 3.61. The summed E-state index contributed by atoms with van der Waals surface area (Å²) in [7, 11) is 0. The zero-order valence-corrected chi connectivity index (χ0v) is 15.1. The molecule has 7 nitrogen and oxygen atoms in total. The Morgan fingerprint density at radius 3 is 2.54 bits per heavy atom. The summed E-state index contributed by atoms with van der Waals surface area (Å²) >= 11 is 0. The first-order valence-corrected chi connectivity index (χ1v) is 8.79. The van der Waals surface area contributed by atoms with Gasteiger partial charge in [0.15, 0.2) is 0 Å². The first-order valence-electron chi connectivity index (χ1n) is 8.79. The number of nitrogens with one attached hydrogen (secondary N) is 2. The lowest BCUT2D eigenvalue weighted by atomic mass is 10.2.